The zero-order valence-corrected chi connectivity index (χ0v) is 7.60. The lowest BCUT2D eigenvalue weighted by molar-refractivity contribution is 0.778. The van der Waals surface area contributed by atoms with E-state index in [2.05, 4.69) is 38.1 Å². The van der Waals surface area contributed by atoms with Gasteiger partial charge in [0.25, 0.3) is 0 Å². The van der Waals surface area contributed by atoms with E-state index in [0.29, 0.717) is 5.92 Å². The molecular formula is C10H14Cl. The van der Waals surface area contributed by atoms with Crippen LogP contribution in [0.3, 0.4) is 0 Å². The first kappa shape index (κ1) is 10.5. The first-order valence-electron chi connectivity index (χ1n) is 3.68. The molecule has 0 aliphatic heterocycles. The Bertz CT molecular complexity index is 181. The second kappa shape index (κ2) is 5.20. The molecule has 61 valence electrons. The van der Waals surface area contributed by atoms with Crippen LogP contribution in [0.2, 0.25) is 0 Å². The zero-order valence-electron chi connectivity index (χ0n) is 6.79. The molecule has 0 fully saturated rings. The van der Waals surface area contributed by atoms with E-state index in [1.165, 1.54) is 5.56 Å². The van der Waals surface area contributed by atoms with Gasteiger partial charge >= 0.3 is 0 Å². The van der Waals surface area contributed by atoms with Gasteiger partial charge in [0.15, 0.2) is 0 Å². The van der Waals surface area contributed by atoms with Gasteiger partial charge in [-0.05, 0) is 17.9 Å². The maximum absolute atomic E-state index is 3.86. The highest BCUT2D eigenvalue weighted by molar-refractivity contribution is 5.85. The number of rotatable bonds is 2. The van der Waals surface area contributed by atoms with E-state index in [-0.39, 0.29) is 12.4 Å². The normalized spacial score (nSPS) is 11.8. The summed E-state index contributed by atoms with van der Waals surface area (Å²) in [6, 6.07) is 10.5. The third kappa shape index (κ3) is 2.94. The van der Waals surface area contributed by atoms with Gasteiger partial charge in [-0.2, -0.15) is 0 Å². The van der Waals surface area contributed by atoms with Gasteiger partial charge in [0.1, 0.15) is 0 Å². The summed E-state index contributed by atoms with van der Waals surface area (Å²) >= 11 is 0. The van der Waals surface area contributed by atoms with Crippen molar-refractivity contribution in [1.82, 2.24) is 0 Å². The van der Waals surface area contributed by atoms with E-state index in [1.807, 2.05) is 6.07 Å². The summed E-state index contributed by atoms with van der Waals surface area (Å²) in [5.74, 6) is 0.598. The number of hydrogen-bond donors (Lipinski definition) is 0. The Labute approximate surface area is 75.0 Å². The fourth-order valence-corrected chi connectivity index (χ4v) is 0.948. The molecule has 1 unspecified atom stereocenters. The lowest BCUT2D eigenvalue weighted by Gasteiger charge is -2.06. The Kier molecular flexibility index (Phi) is 4.97. The Morgan fingerprint density at radius 2 is 1.82 bits per heavy atom. The molecule has 0 bridgehead atoms. The summed E-state index contributed by atoms with van der Waals surface area (Å²) in [6.07, 6.45) is 0.976. The molecule has 0 nitrogen and oxygen atoms in total. The van der Waals surface area contributed by atoms with E-state index < -0.39 is 0 Å². The van der Waals surface area contributed by atoms with Crippen LogP contribution in [-0.2, 0) is 0 Å². The molecular weight excluding hydrogens is 156 g/mol. The van der Waals surface area contributed by atoms with Crippen LogP contribution in [-0.4, -0.2) is 0 Å². The van der Waals surface area contributed by atoms with Crippen LogP contribution in [0, 0.1) is 6.92 Å². The fourth-order valence-electron chi connectivity index (χ4n) is 0.948. The molecule has 1 rings (SSSR count). The largest absolute Gasteiger partial charge is 0.147 e. The van der Waals surface area contributed by atoms with Gasteiger partial charge in [0, 0.05) is 0 Å². The topological polar surface area (TPSA) is 0 Å². The molecule has 1 atom stereocenters. The molecule has 1 radical (unpaired) electrons. The van der Waals surface area contributed by atoms with Crippen LogP contribution in [0.1, 0.15) is 24.8 Å². The summed E-state index contributed by atoms with van der Waals surface area (Å²) < 4.78 is 0. The first-order valence-corrected chi connectivity index (χ1v) is 3.68. The van der Waals surface area contributed by atoms with Crippen LogP contribution in [0.4, 0.5) is 0 Å². The van der Waals surface area contributed by atoms with Crippen LogP contribution in [0.15, 0.2) is 30.3 Å². The lowest BCUT2D eigenvalue weighted by atomic mass is 9.99. The van der Waals surface area contributed by atoms with Crippen LogP contribution < -0.4 is 0 Å². The monoisotopic (exact) mass is 169 g/mol. The molecule has 11 heavy (non-hydrogen) atoms. The Balaban J connectivity index is 0.000001000. The maximum Gasteiger partial charge on any atom is -0.0190 e. The standard InChI is InChI=1S/C10H13.ClH/c1-3-9(2)10-7-5-4-6-8-10;/h4-9H,1,3H2,2H3;1H. The third-order valence-corrected chi connectivity index (χ3v) is 1.80. The van der Waals surface area contributed by atoms with E-state index >= 15 is 0 Å². The molecule has 0 spiro atoms. The summed E-state index contributed by atoms with van der Waals surface area (Å²) in [4.78, 5) is 0. The predicted molar refractivity (Wildman–Crippen MR) is 52.1 cm³/mol. The van der Waals surface area contributed by atoms with Crippen molar-refractivity contribution in [3.8, 4) is 0 Å². The van der Waals surface area contributed by atoms with Crippen molar-refractivity contribution < 1.29 is 0 Å². The second-order valence-corrected chi connectivity index (χ2v) is 2.60. The fraction of sp³-hybridized carbons (Fsp3) is 0.300. The molecule has 0 N–H and O–H groups in total. The Morgan fingerprint density at radius 3 is 2.27 bits per heavy atom. The summed E-state index contributed by atoms with van der Waals surface area (Å²) in [6.45, 7) is 6.06. The highest BCUT2D eigenvalue weighted by Gasteiger charge is 1.98. The van der Waals surface area contributed by atoms with Crippen molar-refractivity contribution in [3.05, 3.63) is 42.8 Å². The minimum Gasteiger partial charge on any atom is -0.147 e. The van der Waals surface area contributed by atoms with Crippen molar-refractivity contribution >= 4 is 12.4 Å². The van der Waals surface area contributed by atoms with Gasteiger partial charge in [-0.15, -0.1) is 12.4 Å². The molecule has 1 aromatic rings. The summed E-state index contributed by atoms with van der Waals surface area (Å²) in [5.41, 5.74) is 1.39. The average Bonchev–Trinajstić information content (AvgIpc) is 2.05. The quantitative estimate of drug-likeness (QED) is 0.637. The van der Waals surface area contributed by atoms with Crippen molar-refractivity contribution in [1.29, 1.82) is 0 Å². The van der Waals surface area contributed by atoms with Crippen LogP contribution in [0.25, 0.3) is 0 Å². The summed E-state index contributed by atoms with van der Waals surface area (Å²) in [5, 5.41) is 0. The second-order valence-electron chi connectivity index (χ2n) is 2.60. The van der Waals surface area contributed by atoms with E-state index in [4.69, 9.17) is 0 Å². The van der Waals surface area contributed by atoms with Gasteiger partial charge in [0.05, 0.1) is 0 Å². The molecule has 1 aromatic carbocycles. The molecule has 0 aliphatic rings. The van der Waals surface area contributed by atoms with Crippen molar-refractivity contribution in [2.24, 2.45) is 0 Å². The minimum absolute atomic E-state index is 0. The van der Waals surface area contributed by atoms with Gasteiger partial charge < -0.3 is 0 Å². The molecule has 0 saturated carbocycles. The molecule has 0 amide bonds. The Morgan fingerprint density at radius 1 is 1.27 bits per heavy atom. The van der Waals surface area contributed by atoms with Crippen molar-refractivity contribution in [2.75, 3.05) is 0 Å². The molecule has 0 heterocycles. The van der Waals surface area contributed by atoms with Crippen LogP contribution >= 0.6 is 12.4 Å². The third-order valence-electron chi connectivity index (χ3n) is 1.80. The molecule has 0 saturated heterocycles. The van der Waals surface area contributed by atoms with E-state index in [1.54, 1.807) is 0 Å². The maximum atomic E-state index is 3.86. The van der Waals surface area contributed by atoms with Crippen molar-refractivity contribution in [3.63, 3.8) is 0 Å². The average molecular weight is 170 g/mol. The smallest absolute Gasteiger partial charge is 0.0190 e. The first-order chi connectivity index (χ1) is 4.84. The predicted octanol–water partition coefficient (Wildman–Crippen LogP) is 3.44. The van der Waals surface area contributed by atoms with Crippen molar-refractivity contribution in [2.45, 2.75) is 19.3 Å². The van der Waals surface area contributed by atoms with Gasteiger partial charge in [0.2, 0.25) is 0 Å². The highest BCUT2D eigenvalue weighted by atomic mass is 35.5. The summed E-state index contributed by atoms with van der Waals surface area (Å²) in [7, 11) is 0. The zero-order chi connectivity index (χ0) is 7.40. The number of halogens is 1. The number of hydrogen-bond acceptors (Lipinski definition) is 0. The minimum atomic E-state index is 0. The molecule has 1 heteroatoms. The molecule has 0 aromatic heterocycles. The number of benzene rings is 1. The van der Waals surface area contributed by atoms with Gasteiger partial charge in [-0.3, -0.25) is 0 Å². The van der Waals surface area contributed by atoms with Crippen LogP contribution in [0.5, 0.6) is 0 Å². The molecule has 0 aliphatic carbocycles. The van der Waals surface area contributed by atoms with E-state index in [9.17, 15) is 0 Å². The highest BCUT2D eigenvalue weighted by Crippen LogP contribution is 2.16. The SMILES string of the molecule is Cl.[CH2]CC(C)c1ccccc1. The Hall–Kier alpha value is -0.490. The van der Waals surface area contributed by atoms with Gasteiger partial charge in [-0.25, -0.2) is 0 Å². The lowest BCUT2D eigenvalue weighted by Crippen LogP contribution is -1.88. The van der Waals surface area contributed by atoms with Gasteiger partial charge in [-0.1, -0.05) is 44.2 Å². The van der Waals surface area contributed by atoms with E-state index in [0.717, 1.165) is 6.42 Å².